The molecule has 5 rings (SSSR count). The normalized spacial score (nSPS) is 17.8. The highest BCUT2D eigenvalue weighted by atomic mass is 16.5. The second-order valence-electron chi connectivity index (χ2n) is 7.87. The number of hydrogen-bond acceptors (Lipinski definition) is 6. The molecule has 0 spiro atoms. The van der Waals surface area contributed by atoms with Crippen molar-refractivity contribution in [3.05, 3.63) is 59.4 Å². The minimum Gasteiger partial charge on any atom is -0.481 e. The summed E-state index contributed by atoms with van der Waals surface area (Å²) in [7, 11) is 0. The topological polar surface area (TPSA) is 97.0 Å². The van der Waals surface area contributed by atoms with Crippen LogP contribution in [0.1, 0.15) is 34.5 Å². The molecule has 3 heterocycles. The lowest BCUT2D eigenvalue weighted by molar-refractivity contribution is -0.140. The van der Waals surface area contributed by atoms with Gasteiger partial charge in [0.2, 0.25) is 0 Å². The van der Waals surface area contributed by atoms with E-state index >= 15 is 0 Å². The number of aliphatic carboxylic acids is 1. The summed E-state index contributed by atoms with van der Waals surface area (Å²) in [5.74, 6) is 0.0603. The Bertz CT molecular complexity index is 1110. The van der Waals surface area contributed by atoms with Crippen LogP contribution in [0.2, 0.25) is 0 Å². The summed E-state index contributed by atoms with van der Waals surface area (Å²) in [6.45, 7) is 2.84. The van der Waals surface area contributed by atoms with Gasteiger partial charge in [0.15, 0.2) is 11.4 Å². The first-order chi connectivity index (χ1) is 14.6. The maximum absolute atomic E-state index is 12.9. The first kappa shape index (κ1) is 18.7. The first-order valence-electron chi connectivity index (χ1n) is 10.1. The van der Waals surface area contributed by atoms with Gasteiger partial charge in [0.25, 0.3) is 0 Å². The molecule has 30 heavy (non-hydrogen) atoms. The number of benzene rings is 1. The number of carbonyl (C=O) groups excluding carboxylic acids is 1. The summed E-state index contributed by atoms with van der Waals surface area (Å²) in [6, 6.07) is 10.7. The molecule has 0 bridgehead atoms. The lowest BCUT2D eigenvalue weighted by atomic mass is 9.94. The molecule has 0 amide bonds. The third-order valence-corrected chi connectivity index (χ3v) is 5.99. The number of anilines is 1. The SMILES string of the molecule is O=C(Cc1cc(N2CCOCC2)n2nccc2n1)c1ccc(C2(C(=O)O)CC2)cc1. The average molecular weight is 406 g/mol. The summed E-state index contributed by atoms with van der Waals surface area (Å²) in [6.07, 6.45) is 3.17. The van der Waals surface area contributed by atoms with Crippen molar-refractivity contribution in [2.45, 2.75) is 24.7 Å². The predicted molar refractivity (Wildman–Crippen MR) is 109 cm³/mol. The number of rotatable bonds is 6. The van der Waals surface area contributed by atoms with E-state index in [2.05, 4.69) is 15.0 Å². The average Bonchev–Trinajstić information content (AvgIpc) is 3.46. The number of aromatic nitrogens is 3. The monoisotopic (exact) mass is 406 g/mol. The van der Waals surface area contributed by atoms with Crippen LogP contribution in [0.5, 0.6) is 0 Å². The molecule has 2 aliphatic rings. The molecular weight excluding hydrogens is 384 g/mol. The Labute approximate surface area is 173 Å². The van der Waals surface area contributed by atoms with Gasteiger partial charge in [0, 0.05) is 30.8 Å². The summed E-state index contributed by atoms with van der Waals surface area (Å²) >= 11 is 0. The maximum Gasteiger partial charge on any atom is 0.314 e. The largest absolute Gasteiger partial charge is 0.481 e. The van der Waals surface area contributed by atoms with Gasteiger partial charge in [-0.3, -0.25) is 9.59 Å². The predicted octanol–water partition coefficient (Wildman–Crippen LogP) is 2.11. The van der Waals surface area contributed by atoms with Crippen molar-refractivity contribution in [2.75, 3.05) is 31.2 Å². The Kier molecular flexibility index (Phi) is 4.51. The van der Waals surface area contributed by atoms with E-state index in [0.717, 1.165) is 24.5 Å². The van der Waals surface area contributed by atoms with Crippen LogP contribution < -0.4 is 4.90 Å². The minimum atomic E-state index is -0.796. The van der Waals surface area contributed by atoms with Crippen LogP contribution in [-0.4, -0.2) is 57.8 Å². The van der Waals surface area contributed by atoms with E-state index in [9.17, 15) is 14.7 Å². The van der Waals surface area contributed by atoms with Gasteiger partial charge in [0.05, 0.1) is 36.9 Å². The van der Waals surface area contributed by atoms with E-state index in [1.54, 1.807) is 35.0 Å². The van der Waals surface area contributed by atoms with Crippen molar-refractivity contribution in [3.8, 4) is 0 Å². The number of Topliss-reactive ketones (excluding diaryl/α,β-unsaturated/α-hetero) is 1. The van der Waals surface area contributed by atoms with Crippen LogP contribution in [-0.2, 0) is 21.4 Å². The Morgan fingerprint density at radius 1 is 1.10 bits per heavy atom. The van der Waals surface area contributed by atoms with E-state index in [-0.39, 0.29) is 12.2 Å². The van der Waals surface area contributed by atoms with Crippen LogP contribution >= 0.6 is 0 Å². The Morgan fingerprint density at radius 3 is 2.50 bits per heavy atom. The number of ketones is 1. The molecule has 1 aliphatic carbocycles. The molecule has 1 N–H and O–H groups in total. The smallest absolute Gasteiger partial charge is 0.314 e. The van der Waals surface area contributed by atoms with Crippen molar-refractivity contribution in [2.24, 2.45) is 0 Å². The van der Waals surface area contributed by atoms with E-state index < -0.39 is 11.4 Å². The van der Waals surface area contributed by atoms with Gasteiger partial charge in [-0.05, 0) is 18.4 Å². The fraction of sp³-hybridized carbons (Fsp3) is 0.364. The van der Waals surface area contributed by atoms with Crippen molar-refractivity contribution in [1.29, 1.82) is 0 Å². The zero-order valence-corrected chi connectivity index (χ0v) is 16.5. The van der Waals surface area contributed by atoms with Crippen LogP contribution in [0.15, 0.2) is 42.6 Å². The van der Waals surface area contributed by atoms with Crippen molar-refractivity contribution >= 4 is 23.2 Å². The number of carboxylic acids is 1. The molecule has 1 saturated heterocycles. The Morgan fingerprint density at radius 2 is 1.83 bits per heavy atom. The minimum absolute atomic E-state index is 0.0500. The zero-order chi connectivity index (χ0) is 20.7. The molecule has 2 fully saturated rings. The molecular formula is C22H22N4O4. The molecule has 1 aliphatic heterocycles. The highest BCUT2D eigenvalue weighted by Gasteiger charge is 2.51. The van der Waals surface area contributed by atoms with Gasteiger partial charge in [0.1, 0.15) is 5.82 Å². The van der Waals surface area contributed by atoms with E-state index in [1.807, 2.05) is 12.1 Å². The highest BCUT2D eigenvalue weighted by molar-refractivity contribution is 5.97. The summed E-state index contributed by atoms with van der Waals surface area (Å²) in [5.41, 5.74) is 1.95. The van der Waals surface area contributed by atoms with Crippen molar-refractivity contribution in [1.82, 2.24) is 14.6 Å². The maximum atomic E-state index is 12.9. The van der Waals surface area contributed by atoms with Gasteiger partial charge in [-0.25, -0.2) is 4.98 Å². The van der Waals surface area contributed by atoms with E-state index in [4.69, 9.17) is 4.74 Å². The number of fused-ring (bicyclic) bond motifs is 1. The van der Waals surface area contributed by atoms with E-state index in [0.29, 0.717) is 43.0 Å². The van der Waals surface area contributed by atoms with Crippen molar-refractivity contribution < 1.29 is 19.4 Å². The highest BCUT2D eigenvalue weighted by Crippen LogP contribution is 2.48. The summed E-state index contributed by atoms with van der Waals surface area (Å²) in [4.78, 5) is 31.2. The molecule has 1 saturated carbocycles. The lowest BCUT2D eigenvalue weighted by Crippen LogP contribution is -2.37. The third-order valence-electron chi connectivity index (χ3n) is 5.99. The van der Waals surface area contributed by atoms with Gasteiger partial charge in [-0.2, -0.15) is 9.61 Å². The number of hydrogen-bond donors (Lipinski definition) is 1. The second kappa shape index (κ2) is 7.21. The summed E-state index contributed by atoms with van der Waals surface area (Å²) < 4.78 is 7.23. The fourth-order valence-electron chi connectivity index (χ4n) is 4.05. The fourth-order valence-corrected chi connectivity index (χ4v) is 4.05. The van der Waals surface area contributed by atoms with E-state index in [1.165, 1.54) is 0 Å². The van der Waals surface area contributed by atoms with Gasteiger partial charge in [-0.1, -0.05) is 24.3 Å². The molecule has 0 atom stereocenters. The van der Waals surface area contributed by atoms with Crippen LogP contribution in [0.25, 0.3) is 5.65 Å². The van der Waals surface area contributed by atoms with Gasteiger partial charge < -0.3 is 14.7 Å². The van der Waals surface area contributed by atoms with Crippen LogP contribution in [0, 0.1) is 0 Å². The zero-order valence-electron chi connectivity index (χ0n) is 16.5. The molecule has 8 nitrogen and oxygen atoms in total. The standard InChI is InChI=1S/C22H22N4O4/c27-18(15-1-3-16(4-2-15)22(6-7-22)21(28)29)13-17-14-20(25-9-11-30-12-10-25)26-19(24-17)5-8-23-26/h1-5,8,14H,6-7,9-13H2,(H,28,29). The van der Waals surface area contributed by atoms with Gasteiger partial charge >= 0.3 is 5.97 Å². The Balaban J connectivity index is 1.39. The first-order valence-corrected chi connectivity index (χ1v) is 10.1. The quantitative estimate of drug-likeness (QED) is 0.626. The molecule has 2 aromatic heterocycles. The summed E-state index contributed by atoms with van der Waals surface area (Å²) in [5, 5.41) is 13.8. The molecule has 8 heteroatoms. The number of carboxylic acid groups (broad SMARTS) is 1. The van der Waals surface area contributed by atoms with Crippen molar-refractivity contribution in [3.63, 3.8) is 0 Å². The Hall–Kier alpha value is -3.26. The molecule has 0 unspecified atom stereocenters. The molecule has 3 aromatic rings. The second-order valence-corrected chi connectivity index (χ2v) is 7.87. The molecule has 1 aromatic carbocycles. The lowest BCUT2D eigenvalue weighted by Gasteiger charge is -2.29. The van der Waals surface area contributed by atoms with Crippen LogP contribution in [0.3, 0.4) is 0 Å². The molecule has 154 valence electrons. The van der Waals surface area contributed by atoms with Gasteiger partial charge in [-0.15, -0.1) is 0 Å². The number of nitrogens with zero attached hydrogens (tertiary/aromatic N) is 4. The third kappa shape index (κ3) is 3.23. The number of morpholine rings is 1. The van der Waals surface area contributed by atoms with Crippen LogP contribution in [0.4, 0.5) is 5.82 Å². The number of ether oxygens (including phenoxy) is 1. The molecule has 0 radical (unpaired) electrons. The number of carbonyl (C=O) groups is 2.